The zero-order chi connectivity index (χ0) is 7.84. The van der Waals surface area contributed by atoms with Gasteiger partial charge in [0, 0.05) is 11.3 Å². The van der Waals surface area contributed by atoms with Gasteiger partial charge in [-0.15, -0.1) is 0 Å². The molecule has 0 aliphatic carbocycles. The summed E-state index contributed by atoms with van der Waals surface area (Å²) in [5.74, 6) is 0. The number of nitrogens with zero attached hydrogens (tertiary/aromatic N) is 1. The SMILES string of the molecule is Nc1ccc2c(c1)C(Br)=NC2. The first kappa shape index (κ1) is 6.85. The number of rotatable bonds is 0. The summed E-state index contributed by atoms with van der Waals surface area (Å²) in [5, 5.41) is 0. The minimum atomic E-state index is 0.774. The van der Waals surface area contributed by atoms with E-state index in [4.69, 9.17) is 5.73 Å². The summed E-state index contributed by atoms with van der Waals surface area (Å²) < 4.78 is 0.916. The summed E-state index contributed by atoms with van der Waals surface area (Å²) in [6.45, 7) is 0.774. The molecule has 1 aliphatic heterocycles. The Hall–Kier alpha value is -0.830. The van der Waals surface area contributed by atoms with Crippen LogP contribution < -0.4 is 5.73 Å². The quantitative estimate of drug-likeness (QED) is 0.654. The van der Waals surface area contributed by atoms with Gasteiger partial charge < -0.3 is 5.73 Å². The van der Waals surface area contributed by atoms with Gasteiger partial charge in [0.1, 0.15) is 4.62 Å². The zero-order valence-electron chi connectivity index (χ0n) is 5.84. The summed E-state index contributed by atoms with van der Waals surface area (Å²) >= 11 is 3.37. The number of nitrogens with two attached hydrogens (primary N) is 1. The molecule has 0 fully saturated rings. The average Bonchev–Trinajstić information content (AvgIpc) is 2.33. The lowest BCUT2D eigenvalue weighted by atomic mass is 10.1. The maximum Gasteiger partial charge on any atom is 0.108 e. The highest BCUT2D eigenvalue weighted by atomic mass is 79.9. The molecule has 56 valence electrons. The molecule has 2 rings (SSSR count). The smallest absolute Gasteiger partial charge is 0.108 e. The van der Waals surface area contributed by atoms with Gasteiger partial charge >= 0.3 is 0 Å². The first-order valence-electron chi connectivity index (χ1n) is 3.36. The Bertz CT molecular complexity index is 331. The van der Waals surface area contributed by atoms with Crippen molar-refractivity contribution >= 4 is 26.2 Å². The van der Waals surface area contributed by atoms with Crippen LogP contribution in [-0.4, -0.2) is 4.62 Å². The lowest BCUT2D eigenvalue weighted by Crippen LogP contribution is -1.91. The summed E-state index contributed by atoms with van der Waals surface area (Å²) in [4.78, 5) is 4.22. The number of hydrogen-bond acceptors (Lipinski definition) is 2. The number of nitrogen functional groups attached to an aromatic ring is 1. The van der Waals surface area contributed by atoms with Crippen LogP contribution in [0.25, 0.3) is 0 Å². The second-order valence-corrected chi connectivity index (χ2v) is 3.27. The van der Waals surface area contributed by atoms with Crippen molar-refractivity contribution < 1.29 is 0 Å². The largest absolute Gasteiger partial charge is 0.399 e. The molecule has 0 spiro atoms. The van der Waals surface area contributed by atoms with Crippen molar-refractivity contribution in [1.82, 2.24) is 0 Å². The van der Waals surface area contributed by atoms with E-state index in [1.54, 1.807) is 0 Å². The maximum absolute atomic E-state index is 5.62. The highest BCUT2D eigenvalue weighted by molar-refractivity contribution is 9.18. The number of anilines is 1. The molecule has 0 bridgehead atoms. The van der Waals surface area contributed by atoms with E-state index in [1.807, 2.05) is 18.2 Å². The predicted molar refractivity (Wildman–Crippen MR) is 50.0 cm³/mol. The third kappa shape index (κ3) is 1.05. The number of hydrogen-bond donors (Lipinski definition) is 1. The van der Waals surface area contributed by atoms with Gasteiger partial charge in [-0.1, -0.05) is 6.07 Å². The van der Waals surface area contributed by atoms with Gasteiger partial charge in [-0.3, -0.25) is 4.99 Å². The van der Waals surface area contributed by atoms with Gasteiger partial charge in [0.25, 0.3) is 0 Å². The van der Waals surface area contributed by atoms with Crippen molar-refractivity contribution in [3.8, 4) is 0 Å². The highest BCUT2D eigenvalue weighted by Crippen LogP contribution is 2.23. The molecule has 0 saturated carbocycles. The minimum Gasteiger partial charge on any atom is -0.399 e. The molecule has 3 heteroatoms. The molecule has 2 nitrogen and oxygen atoms in total. The van der Waals surface area contributed by atoms with Crippen LogP contribution in [0.5, 0.6) is 0 Å². The molecular weight excluding hydrogens is 204 g/mol. The normalized spacial score (nSPS) is 14.5. The highest BCUT2D eigenvalue weighted by Gasteiger charge is 2.12. The van der Waals surface area contributed by atoms with Crippen LogP contribution in [0.15, 0.2) is 23.2 Å². The molecular formula is C8H7BrN2. The molecule has 0 atom stereocenters. The fraction of sp³-hybridized carbons (Fsp3) is 0.125. The van der Waals surface area contributed by atoms with Crippen molar-refractivity contribution in [2.75, 3.05) is 5.73 Å². The number of halogens is 1. The van der Waals surface area contributed by atoms with Crippen LogP contribution in [0.2, 0.25) is 0 Å². The fourth-order valence-corrected chi connectivity index (χ4v) is 1.66. The molecule has 0 saturated heterocycles. The predicted octanol–water partition coefficient (Wildman–Crippen LogP) is 1.92. The van der Waals surface area contributed by atoms with E-state index in [1.165, 1.54) is 5.56 Å². The average molecular weight is 211 g/mol. The standard InChI is InChI=1S/C8H7BrN2/c9-8-7-3-6(10)2-1-5(7)4-11-8/h1-3H,4,10H2. The van der Waals surface area contributed by atoms with Gasteiger partial charge in [-0.05, 0) is 33.6 Å². The van der Waals surface area contributed by atoms with E-state index in [-0.39, 0.29) is 0 Å². The second-order valence-electron chi connectivity index (χ2n) is 2.52. The van der Waals surface area contributed by atoms with E-state index in [0.717, 1.165) is 22.4 Å². The lowest BCUT2D eigenvalue weighted by molar-refractivity contribution is 1.11. The zero-order valence-corrected chi connectivity index (χ0v) is 7.43. The van der Waals surface area contributed by atoms with Crippen molar-refractivity contribution in [2.45, 2.75) is 6.54 Å². The number of benzene rings is 1. The lowest BCUT2D eigenvalue weighted by Gasteiger charge is -1.98. The molecule has 0 amide bonds. The molecule has 1 heterocycles. The molecule has 0 aromatic heterocycles. The Morgan fingerprint density at radius 2 is 2.27 bits per heavy atom. The molecule has 11 heavy (non-hydrogen) atoms. The summed E-state index contributed by atoms with van der Waals surface area (Å²) in [6.07, 6.45) is 0. The van der Waals surface area contributed by atoms with E-state index in [0.29, 0.717) is 0 Å². The third-order valence-corrected chi connectivity index (χ3v) is 2.42. The second kappa shape index (κ2) is 2.34. The van der Waals surface area contributed by atoms with E-state index >= 15 is 0 Å². The van der Waals surface area contributed by atoms with Crippen molar-refractivity contribution in [2.24, 2.45) is 4.99 Å². The first-order valence-corrected chi connectivity index (χ1v) is 4.15. The van der Waals surface area contributed by atoms with Gasteiger partial charge in [-0.25, -0.2) is 0 Å². The minimum absolute atomic E-state index is 0.774. The van der Waals surface area contributed by atoms with Crippen LogP contribution in [-0.2, 0) is 6.54 Å². The van der Waals surface area contributed by atoms with Crippen LogP contribution in [0.4, 0.5) is 5.69 Å². The van der Waals surface area contributed by atoms with E-state index in [9.17, 15) is 0 Å². The van der Waals surface area contributed by atoms with Crippen LogP contribution in [0.1, 0.15) is 11.1 Å². The van der Waals surface area contributed by atoms with Crippen molar-refractivity contribution in [3.05, 3.63) is 29.3 Å². The van der Waals surface area contributed by atoms with Crippen molar-refractivity contribution in [3.63, 3.8) is 0 Å². The molecule has 1 aromatic rings. The molecule has 0 unspecified atom stereocenters. The van der Waals surface area contributed by atoms with Crippen molar-refractivity contribution in [1.29, 1.82) is 0 Å². The Labute approximate surface area is 73.3 Å². The summed E-state index contributed by atoms with van der Waals surface area (Å²) in [5.41, 5.74) is 8.78. The molecule has 2 N–H and O–H groups in total. The number of aliphatic imine (C=N–C) groups is 1. The Morgan fingerprint density at radius 3 is 3.09 bits per heavy atom. The molecule has 1 aromatic carbocycles. The molecule has 1 aliphatic rings. The van der Waals surface area contributed by atoms with Crippen LogP contribution in [0, 0.1) is 0 Å². The Morgan fingerprint density at radius 1 is 1.45 bits per heavy atom. The monoisotopic (exact) mass is 210 g/mol. The van der Waals surface area contributed by atoms with Gasteiger partial charge in [-0.2, -0.15) is 0 Å². The number of fused-ring (bicyclic) bond motifs is 1. The third-order valence-electron chi connectivity index (χ3n) is 1.74. The topological polar surface area (TPSA) is 38.4 Å². The molecule has 0 radical (unpaired) electrons. The van der Waals surface area contributed by atoms with Gasteiger partial charge in [0.2, 0.25) is 0 Å². The Balaban J connectivity index is 2.60. The van der Waals surface area contributed by atoms with Crippen LogP contribution in [0.3, 0.4) is 0 Å². The fourth-order valence-electron chi connectivity index (χ4n) is 1.16. The van der Waals surface area contributed by atoms with Gasteiger partial charge in [0.15, 0.2) is 0 Å². The van der Waals surface area contributed by atoms with E-state index < -0.39 is 0 Å². The Kier molecular flexibility index (Phi) is 1.46. The summed E-state index contributed by atoms with van der Waals surface area (Å²) in [6, 6.07) is 5.86. The van der Waals surface area contributed by atoms with Crippen LogP contribution >= 0.6 is 15.9 Å². The maximum atomic E-state index is 5.62. The van der Waals surface area contributed by atoms with Gasteiger partial charge in [0.05, 0.1) is 6.54 Å². The summed E-state index contributed by atoms with van der Waals surface area (Å²) in [7, 11) is 0. The first-order chi connectivity index (χ1) is 5.27. The van der Waals surface area contributed by atoms with E-state index in [2.05, 4.69) is 20.9 Å².